The van der Waals surface area contributed by atoms with Crippen molar-refractivity contribution in [3.63, 3.8) is 0 Å². The zero-order chi connectivity index (χ0) is 13.0. The lowest BCUT2D eigenvalue weighted by Gasteiger charge is -2.23. The first kappa shape index (κ1) is 13.1. The Hall–Kier alpha value is -1.35. The number of benzene rings is 1. The number of nitrogens with one attached hydrogen (secondary N) is 1. The fraction of sp³-hybridized carbons (Fsp3) is 0.533. The van der Waals surface area contributed by atoms with Crippen LogP contribution in [0.3, 0.4) is 0 Å². The van der Waals surface area contributed by atoms with Crippen molar-refractivity contribution in [1.29, 1.82) is 0 Å². The van der Waals surface area contributed by atoms with Crippen LogP contribution in [0, 0.1) is 5.92 Å². The average molecular weight is 247 g/mol. The lowest BCUT2D eigenvalue weighted by molar-refractivity contribution is -0.144. The molecular formula is C15H21NO2. The summed E-state index contributed by atoms with van der Waals surface area (Å²) in [6, 6.07) is 10.3. The fourth-order valence-corrected chi connectivity index (χ4v) is 2.30. The van der Waals surface area contributed by atoms with Gasteiger partial charge >= 0.3 is 5.97 Å². The molecule has 0 heterocycles. The van der Waals surface area contributed by atoms with Crippen LogP contribution >= 0.6 is 0 Å². The van der Waals surface area contributed by atoms with Gasteiger partial charge in [-0.15, -0.1) is 0 Å². The summed E-state index contributed by atoms with van der Waals surface area (Å²) in [4.78, 5) is 11.8. The molecule has 1 saturated carbocycles. The molecular weight excluding hydrogens is 226 g/mol. The molecule has 0 saturated heterocycles. The molecule has 1 N–H and O–H groups in total. The molecule has 0 amide bonds. The lowest BCUT2D eigenvalue weighted by Crippen LogP contribution is -2.41. The Bertz CT molecular complexity index is 387. The summed E-state index contributed by atoms with van der Waals surface area (Å²) in [5.74, 6) is 0.321. The van der Waals surface area contributed by atoms with E-state index in [1.807, 2.05) is 18.2 Å². The molecule has 1 aliphatic rings. The molecule has 1 fully saturated rings. The Morgan fingerprint density at radius 2 is 2.06 bits per heavy atom. The van der Waals surface area contributed by atoms with Crippen molar-refractivity contribution < 1.29 is 9.53 Å². The summed E-state index contributed by atoms with van der Waals surface area (Å²) < 4.78 is 4.89. The molecule has 3 nitrogen and oxygen atoms in total. The third-order valence-corrected chi connectivity index (χ3v) is 3.54. The smallest absolute Gasteiger partial charge is 0.323 e. The van der Waals surface area contributed by atoms with Gasteiger partial charge in [0.15, 0.2) is 0 Å². The van der Waals surface area contributed by atoms with Crippen molar-refractivity contribution in [2.45, 2.75) is 38.3 Å². The molecule has 0 spiro atoms. The maximum Gasteiger partial charge on any atom is 0.323 e. The lowest BCUT2D eigenvalue weighted by atomic mass is 10.0. The summed E-state index contributed by atoms with van der Waals surface area (Å²) in [6.07, 6.45) is 3.21. The van der Waals surface area contributed by atoms with E-state index < -0.39 is 0 Å². The Balaban J connectivity index is 2.06. The fourth-order valence-electron chi connectivity index (χ4n) is 2.30. The number of hydrogen-bond donors (Lipinski definition) is 1. The second-order valence-corrected chi connectivity index (χ2v) is 4.88. The van der Waals surface area contributed by atoms with Crippen molar-refractivity contribution in [1.82, 2.24) is 5.32 Å². The third-order valence-electron chi connectivity index (χ3n) is 3.54. The van der Waals surface area contributed by atoms with Crippen LogP contribution in [-0.4, -0.2) is 19.1 Å². The summed E-state index contributed by atoms with van der Waals surface area (Å²) in [5, 5.41) is 3.46. The van der Waals surface area contributed by atoms with E-state index in [1.54, 1.807) is 0 Å². The molecule has 18 heavy (non-hydrogen) atoms. The van der Waals surface area contributed by atoms with Gasteiger partial charge in [0, 0.05) is 6.04 Å². The van der Waals surface area contributed by atoms with E-state index in [2.05, 4.69) is 24.4 Å². The van der Waals surface area contributed by atoms with Crippen molar-refractivity contribution in [3.05, 3.63) is 35.9 Å². The van der Waals surface area contributed by atoms with Gasteiger partial charge < -0.3 is 4.74 Å². The van der Waals surface area contributed by atoms with E-state index in [9.17, 15) is 4.79 Å². The first-order chi connectivity index (χ1) is 8.76. The van der Waals surface area contributed by atoms with Crippen molar-refractivity contribution in [3.8, 4) is 0 Å². The normalized spacial score (nSPS) is 18.1. The zero-order valence-corrected chi connectivity index (χ0v) is 11.1. The molecule has 98 valence electrons. The number of carbonyl (C=O) groups excluding carboxylic acids is 1. The van der Waals surface area contributed by atoms with E-state index in [1.165, 1.54) is 12.7 Å². The van der Waals surface area contributed by atoms with E-state index in [0.29, 0.717) is 5.92 Å². The SMILES string of the molecule is CCC(NC(C(=O)OC)C1CC1)c1ccccc1. The van der Waals surface area contributed by atoms with E-state index in [-0.39, 0.29) is 18.1 Å². The standard InChI is InChI=1S/C15H21NO2/c1-3-13(11-7-5-4-6-8-11)16-14(12-9-10-12)15(17)18-2/h4-8,12-14,16H,3,9-10H2,1-2H3. The molecule has 0 bridgehead atoms. The molecule has 3 heteroatoms. The Labute approximate surface area is 109 Å². The monoisotopic (exact) mass is 247 g/mol. The largest absolute Gasteiger partial charge is 0.468 e. The number of esters is 1. The number of hydrogen-bond acceptors (Lipinski definition) is 3. The molecule has 1 aromatic carbocycles. The maximum absolute atomic E-state index is 11.8. The Morgan fingerprint density at radius 1 is 1.39 bits per heavy atom. The minimum atomic E-state index is -0.153. The second-order valence-electron chi connectivity index (χ2n) is 4.88. The highest BCUT2D eigenvalue weighted by molar-refractivity contribution is 5.76. The van der Waals surface area contributed by atoms with Gasteiger partial charge in [-0.3, -0.25) is 10.1 Å². The van der Waals surface area contributed by atoms with Gasteiger partial charge in [0.2, 0.25) is 0 Å². The van der Waals surface area contributed by atoms with E-state index in [0.717, 1.165) is 19.3 Å². The Kier molecular flexibility index (Phi) is 4.37. The van der Waals surface area contributed by atoms with Crippen LogP contribution in [0.15, 0.2) is 30.3 Å². The Morgan fingerprint density at radius 3 is 2.56 bits per heavy atom. The van der Waals surface area contributed by atoms with Gasteiger partial charge in [-0.1, -0.05) is 37.3 Å². The average Bonchev–Trinajstić information content (AvgIpc) is 3.25. The van der Waals surface area contributed by atoms with E-state index >= 15 is 0 Å². The molecule has 0 aromatic heterocycles. The highest BCUT2D eigenvalue weighted by Gasteiger charge is 2.37. The second kappa shape index (κ2) is 6.01. The van der Waals surface area contributed by atoms with Crippen LogP contribution in [0.2, 0.25) is 0 Å². The van der Waals surface area contributed by atoms with Crippen molar-refractivity contribution in [2.24, 2.45) is 5.92 Å². The molecule has 1 aromatic rings. The molecule has 0 aliphatic heterocycles. The van der Waals surface area contributed by atoms with Crippen LogP contribution in [0.1, 0.15) is 37.8 Å². The number of rotatable bonds is 6. The third kappa shape index (κ3) is 3.10. The van der Waals surface area contributed by atoms with Crippen LogP contribution in [0.25, 0.3) is 0 Å². The predicted octanol–water partition coefficient (Wildman–Crippen LogP) is 2.68. The van der Waals surface area contributed by atoms with Gasteiger partial charge in [-0.05, 0) is 30.7 Å². The highest BCUT2D eigenvalue weighted by atomic mass is 16.5. The first-order valence-corrected chi connectivity index (χ1v) is 6.65. The maximum atomic E-state index is 11.8. The summed E-state index contributed by atoms with van der Waals surface area (Å²) in [5.41, 5.74) is 1.23. The van der Waals surface area contributed by atoms with Crippen LogP contribution < -0.4 is 5.32 Å². The molecule has 2 rings (SSSR count). The summed E-state index contributed by atoms with van der Waals surface area (Å²) in [7, 11) is 1.46. The van der Waals surface area contributed by atoms with Gasteiger partial charge in [-0.2, -0.15) is 0 Å². The van der Waals surface area contributed by atoms with Gasteiger partial charge in [0.1, 0.15) is 6.04 Å². The minimum Gasteiger partial charge on any atom is -0.468 e. The summed E-state index contributed by atoms with van der Waals surface area (Å²) >= 11 is 0. The predicted molar refractivity (Wildman–Crippen MR) is 71.1 cm³/mol. The highest BCUT2D eigenvalue weighted by Crippen LogP contribution is 2.34. The van der Waals surface area contributed by atoms with Crippen LogP contribution in [0.4, 0.5) is 0 Å². The molecule has 1 aliphatic carbocycles. The van der Waals surface area contributed by atoms with Gasteiger partial charge in [0.05, 0.1) is 7.11 Å². The molecule has 2 unspecified atom stereocenters. The van der Waals surface area contributed by atoms with Crippen LogP contribution in [0.5, 0.6) is 0 Å². The van der Waals surface area contributed by atoms with Crippen molar-refractivity contribution >= 4 is 5.97 Å². The van der Waals surface area contributed by atoms with Crippen molar-refractivity contribution in [2.75, 3.05) is 7.11 Å². The topological polar surface area (TPSA) is 38.3 Å². The molecule has 0 radical (unpaired) electrons. The summed E-state index contributed by atoms with van der Waals surface area (Å²) in [6.45, 7) is 2.13. The number of methoxy groups -OCH3 is 1. The van der Waals surface area contributed by atoms with Gasteiger partial charge in [0.25, 0.3) is 0 Å². The first-order valence-electron chi connectivity index (χ1n) is 6.65. The number of ether oxygens (including phenoxy) is 1. The minimum absolute atomic E-state index is 0.133. The van der Waals surface area contributed by atoms with Gasteiger partial charge in [-0.25, -0.2) is 0 Å². The van der Waals surface area contributed by atoms with E-state index in [4.69, 9.17) is 4.74 Å². The number of carbonyl (C=O) groups is 1. The quantitative estimate of drug-likeness (QED) is 0.785. The van der Waals surface area contributed by atoms with Crippen LogP contribution in [-0.2, 0) is 9.53 Å². The molecule has 2 atom stereocenters. The zero-order valence-electron chi connectivity index (χ0n) is 11.1.